The molecule has 0 aliphatic carbocycles. The van der Waals surface area contributed by atoms with E-state index in [0.29, 0.717) is 18.9 Å². The molecule has 0 fully saturated rings. The maximum Gasteiger partial charge on any atom is 0.240 e. The highest BCUT2D eigenvalue weighted by Gasteiger charge is 2.13. The average molecular weight is 372 g/mol. The van der Waals surface area contributed by atoms with Crippen LogP contribution in [0, 0.1) is 0 Å². The van der Waals surface area contributed by atoms with Crippen molar-refractivity contribution >= 4 is 10.0 Å². The van der Waals surface area contributed by atoms with E-state index < -0.39 is 10.0 Å². The van der Waals surface area contributed by atoms with Gasteiger partial charge in [0, 0.05) is 6.54 Å². The van der Waals surface area contributed by atoms with Crippen molar-refractivity contribution in [3.63, 3.8) is 0 Å². The number of nitrogens with zero attached hydrogens (tertiary/aromatic N) is 3. The topological polar surface area (TPSA) is 86.1 Å². The highest BCUT2D eigenvalue weighted by molar-refractivity contribution is 7.89. The first kappa shape index (κ1) is 18.1. The Morgan fingerprint density at radius 2 is 1.73 bits per heavy atom. The number of ether oxygens (including phenoxy) is 1. The molecule has 3 aromatic rings. The largest absolute Gasteiger partial charge is 0.494 e. The molecule has 136 valence electrons. The van der Waals surface area contributed by atoms with Gasteiger partial charge >= 0.3 is 0 Å². The number of benzene rings is 2. The number of nitrogens with one attached hydrogen (secondary N) is 1. The maximum atomic E-state index is 12.4. The predicted octanol–water partition coefficient (Wildman–Crippen LogP) is 2.20. The van der Waals surface area contributed by atoms with Gasteiger partial charge in [-0.15, -0.1) is 0 Å². The number of aromatic nitrogens is 3. The Hall–Kier alpha value is -2.71. The highest BCUT2D eigenvalue weighted by Crippen LogP contribution is 2.16. The summed E-state index contributed by atoms with van der Waals surface area (Å²) in [6.07, 6.45) is 3.14. The van der Waals surface area contributed by atoms with Crippen LogP contribution in [0.1, 0.15) is 18.1 Å². The highest BCUT2D eigenvalue weighted by atomic mass is 32.2. The van der Waals surface area contributed by atoms with Crippen LogP contribution >= 0.6 is 0 Å². The summed E-state index contributed by atoms with van der Waals surface area (Å²) in [6, 6.07) is 14.1. The number of sulfonamides is 1. The number of rotatable bonds is 8. The summed E-state index contributed by atoms with van der Waals surface area (Å²) in [5.74, 6) is 0.648. The van der Waals surface area contributed by atoms with Crippen LogP contribution in [0.3, 0.4) is 0 Å². The fourth-order valence-electron chi connectivity index (χ4n) is 2.41. The molecule has 1 aromatic heterocycles. The van der Waals surface area contributed by atoms with Gasteiger partial charge in [-0.05, 0) is 42.3 Å². The minimum absolute atomic E-state index is 0.212. The molecular formula is C18H20N4O3S. The summed E-state index contributed by atoms with van der Waals surface area (Å²) < 4.78 is 34.4. The van der Waals surface area contributed by atoms with Gasteiger partial charge in [-0.2, -0.15) is 5.10 Å². The summed E-state index contributed by atoms with van der Waals surface area (Å²) in [5.41, 5.74) is 1.94. The SMILES string of the molecule is CCOc1ccc(S(=O)(=O)NCc2ccc(Cn3cncn3)cc2)cc1. The first-order valence-corrected chi connectivity index (χ1v) is 9.68. The van der Waals surface area contributed by atoms with E-state index in [1.54, 1.807) is 23.1 Å². The van der Waals surface area contributed by atoms with Gasteiger partial charge in [0.2, 0.25) is 10.0 Å². The number of hydrogen-bond donors (Lipinski definition) is 1. The second-order valence-electron chi connectivity index (χ2n) is 5.64. The van der Waals surface area contributed by atoms with Gasteiger partial charge in [0.1, 0.15) is 18.4 Å². The molecule has 7 nitrogen and oxygen atoms in total. The molecule has 0 aliphatic rings. The van der Waals surface area contributed by atoms with Crippen LogP contribution in [-0.2, 0) is 23.1 Å². The van der Waals surface area contributed by atoms with Crippen molar-refractivity contribution in [3.05, 3.63) is 72.3 Å². The van der Waals surface area contributed by atoms with E-state index in [1.807, 2.05) is 31.2 Å². The lowest BCUT2D eigenvalue weighted by atomic mass is 10.1. The van der Waals surface area contributed by atoms with Crippen molar-refractivity contribution in [2.75, 3.05) is 6.61 Å². The van der Waals surface area contributed by atoms with Crippen LogP contribution in [-0.4, -0.2) is 29.8 Å². The van der Waals surface area contributed by atoms with E-state index in [2.05, 4.69) is 14.8 Å². The Bertz CT molecular complexity index is 922. The summed E-state index contributed by atoms with van der Waals surface area (Å²) in [4.78, 5) is 4.12. The van der Waals surface area contributed by atoms with Gasteiger partial charge in [-0.25, -0.2) is 22.8 Å². The van der Waals surface area contributed by atoms with E-state index in [1.165, 1.54) is 18.5 Å². The first-order valence-electron chi connectivity index (χ1n) is 8.19. The van der Waals surface area contributed by atoms with E-state index in [9.17, 15) is 8.42 Å². The molecule has 0 radical (unpaired) electrons. The smallest absolute Gasteiger partial charge is 0.240 e. The molecule has 3 rings (SSSR count). The van der Waals surface area contributed by atoms with E-state index in [-0.39, 0.29) is 11.4 Å². The minimum atomic E-state index is -3.57. The third-order valence-electron chi connectivity index (χ3n) is 3.75. The van der Waals surface area contributed by atoms with Crippen LogP contribution in [0.4, 0.5) is 0 Å². The van der Waals surface area contributed by atoms with Crippen molar-refractivity contribution in [2.24, 2.45) is 0 Å². The molecule has 0 saturated carbocycles. The Morgan fingerprint density at radius 1 is 1.04 bits per heavy atom. The summed E-state index contributed by atoms with van der Waals surface area (Å²) in [6.45, 7) is 3.26. The molecule has 0 amide bonds. The van der Waals surface area contributed by atoms with Crippen LogP contribution in [0.2, 0.25) is 0 Å². The fourth-order valence-corrected chi connectivity index (χ4v) is 3.43. The Labute approximate surface area is 152 Å². The predicted molar refractivity (Wildman–Crippen MR) is 97.2 cm³/mol. The van der Waals surface area contributed by atoms with Gasteiger partial charge in [0.05, 0.1) is 18.0 Å². The normalized spacial score (nSPS) is 11.4. The number of hydrogen-bond acceptors (Lipinski definition) is 5. The molecule has 8 heteroatoms. The van der Waals surface area contributed by atoms with Gasteiger partial charge in [0.25, 0.3) is 0 Å². The lowest BCUT2D eigenvalue weighted by molar-refractivity contribution is 0.340. The second kappa shape index (κ2) is 8.11. The van der Waals surface area contributed by atoms with E-state index >= 15 is 0 Å². The first-order chi connectivity index (χ1) is 12.6. The fraction of sp³-hybridized carbons (Fsp3) is 0.222. The second-order valence-corrected chi connectivity index (χ2v) is 7.41. The van der Waals surface area contributed by atoms with Crippen molar-refractivity contribution in [2.45, 2.75) is 24.9 Å². The van der Waals surface area contributed by atoms with Crippen LogP contribution < -0.4 is 9.46 Å². The lowest BCUT2D eigenvalue weighted by Crippen LogP contribution is -2.23. The molecule has 0 bridgehead atoms. The van der Waals surface area contributed by atoms with E-state index in [0.717, 1.165) is 11.1 Å². The zero-order chi connectivity index (χ0) is 18.4. The zero-order valence-electron chi connectivity index (χ0n) is 14.4. The lowest BCUT2D eigenvalue weighted by Gasteiger charge is -2.09. The summed E-state index contributed by atoms with van der Waals surface area (Å²) in [5, 5.41) is 4.06. The van der Waals surface area contributed by atoms with Crippen molar-refractivity contribution in [1.82, 2.24) is 19.5 Å². The minimum Gasteiger partial charge on any atom is -0.494 e. The van der Waals surface area contributed by atoms with Crippen LogP contribution in [0.5, 0.6) is 5.75 Å². The molecule has 1 N–H and O–H groups in total. The molecule has 1 heterocycles. The Morgan fingerprint density at radius 3 is 2.35 bits per heavy atom. The molecule has 0 atom stereocenters. The third-order valence-corrected chi connectivity index (χ3v) is 5.16. The average Bonchev–Trinajstić information content (AvgIpc) is 3.15. The quantitative estimate of drug-likeness (QED) is 0.655. The van der Waals surface area contributed by atoms with E-state index in [4.69, 9.17) is 4.74 Å². The Balaban J connectivity index is 1.60. The third kappa shape index (κ3) is 4.68. The molecule has 2 aromatic carbocycles. The molecule has 0 saturated heterocycles. The van der Waals surface area contributed by atoms with Gasteiger partial charge in [-0.1, -0.05) is 24.3 Å². The maximum absolute atomic E-state index is 12.4. The van der Waals surface area contributed by atoms with Crippen LogP contribution in [0.25, 0.3) is 0 Å². The van der Waals surface area contributed by atoms with Gasteiger partial charge < -0.3 is 4.74 Å². The molecule has 0 unspecified atom stereocenters. The van der Waals surface area contributed by atoms with Gasteiger partial charge in [0.15, 0.2) is 0 Å². The summed E-state index contributed by atoms with van der Waals surface area (Å²) >= 11 is 0. The molecule has 26 heavy (non-hydrogen) atoms. The molecule has 0 spiro atoms. The van der Waals surface area contributed by atoms with Gasteiger partial charge in [-0.3, -0.25) is 0 Å². The Kier molecular flexibility index (Phi) is 5.65. The van der Waals surface area contributed by atoms with Crippen molar-refractivity contribution < 1.29 is 13.2 Å². The molecular weight excluding hydrogens is 352 g/mol. The standard InChI is InChI=1S/C18H20N4O3S/c1-2-25-17-7-9-18(10-8-17)26(23,24)21-11-15-3-5-16(6-4-15)12-22-14-19-13-20-22/h3-10,13-14,21H,2,11-12H2,1H3. The summed E-state index contributed by atoms with van der Waals surface area (Å²) in [7, 11) is -3.57. The van der Waals surface area contributed by atoms with Crippen molar-refractivity contribution in [1.29, 1.82) is 0 Å². The zero-order valence-corrected chi connectivity index (χ0v) is 15.2. The molecule has 0 aliphatic heterocycles. The van der Waals surface area contributed by atoms with Crippen LogP contribution in [0.15, 0.2) is 66.1 Å². The van der Waals surface area contributed by atoms with Crippen molar-refractivity contribution in [3.8, 4) is 5.75 Å². The monoisotopic (exact) mass is 372 g/mol.